The number of nitro groups is 1. The molecule has 10 nitrogen and oxygen atoms in total. The lowest BCUT2D eigenvalue weighted by Gasteiger charge is -2.35. The number of pyridine rings is 1. The largest absolute Gasteiger partial charge is 0.444 e. The van der Waals surface area contributed by atoms with Gasteiger partial charge in [-0.1, -0.05) is 36.9 Å². The Morgan fingerprint density at radius 2 is 1.68 bits per heavy atom. The Morgan fingerprint density at radius 1 is 1.05 bits per heavy atom. The van der Waals surface area contributed by atoms with Gasteiger partial charge in [-0.15, -0.1) is 0 Å². The van der Waals surface area contributed by atoms with Crippen LogP contribution in [0.2, 0.25) is 5.15 Å². The van der Waals surface area contributed by atoms with Crippen LogP contribution in [0.15, 0.2) is 36.4 Å². The minimum atomic E-state index is -0.471. The highest BCUT2D eigenvalue weighted by molar-refractivity contribution is 6.29. The standard InChI is InChI=1S/C30H40ClN5O5/c1-30(2,3)41-29(38)35-18-14-22(15-19-35)7-4-6-21-12-16-34(17-13-21)25-20-23(36(39)40)10-11-24(25)28(37)33-27-9-5-8-26(31)32-27/h5,8-11,20-22H,4,6-7,12-19H2,1-3H3,(H,32,33,37). The summed E-state index contributed by atoms with van der Waals surface area (Å²) in [4.78, 5) is 44.5. The molecule has 0 aliphatic carbocycles. The molecular formula is C30H40ClN5O5. The van der Waals surface area contributed by atoms with E-state index in [1.807, 2.05) is 25.7 Å². The predicted molar refractivity (Wildman–Crippen MR) is 160 cm³/mol. The number of likely N-dealkylation sites (tertiary alicyclic amines) is 1. The van der Waals surface area contributed by atoms with Crippen molar-refractivity contribution in [3.05, 3.63) is 57.2 Å². The average Bonchev–Trinajstić information content (AvgIpc) is 2.92. The molecule has 2 saturated heterocycles. The van der Waals surface area contributed by atoms with Crippen LogP contribution >= 0.6 is 11.6 Å². The lowest BCUT2D eigenvalue weighted by Crippen LogP contribution is -2.41. The summed E-state index contributed by atoms with van der Waals surface area (Å²) >= 11 is 5.95. The number of nitrogens with zero attached hydrogens (tertiary/aromatic N) is 4. The molecule has 222 valence electrons. The maximum absolute atomic E-state index is 13.1. The highest BCUT2D eigenvalue weighted by atomic mass is 35.5. The lowest BCUT2D eigenvalue weighted by atomic mass is 9.86. The summed E-state index contributed by atoms with van der Waals surface area (Å²) in [6.07, 6.45) is 7.21. The van der Waals surface area contributed by atoms with E-state index >= 15 is 0 Å². The number of anilines is 2. The van der Waals surface area contributed by atoms with Gasteiger partial charge in [-0.3, -0.25) is 14.9 Å². The van der Waals surface area contributed by atoms with Gasteiger partial charge in [0.1, 0.15) is 16.6 Å². The molecule has 0 radical (unpaired) electrons. The Bertz CT molecular complexity index is 1230. The molecule has 2 aromatic rings. The van der Waals surface area contributed by atoms with E-state index in [9.17, 15) is 19.7 Å². The Hall–Kier alpha value is -3.40. The highest BCUT2D eigenvalue weighted by Crippen LogP contribution is 2.33. The number of nitrogens with one attached hydrogen (secondary N) is 1. The molecule has 2 aliphatic rings. The van der Waals surface area contributed by atoms with Crippen LogP contribution < -0.4 is 10.2 Å². The van der Waals surface area contributed by atoms with Crippen LogP contribution in [0.3, 0.4) is 0 Å². The molecular weight excluding hydrogens is 546 g/mol. The predicted octanol–water partition coefficient (Wildman–Crippen LogP) is 6.93. The van der Waals surface area contributed by atoms with Gasteiger partial charge in [0.05, 0.1) is 16.2 Å². The fourth-order valence-corrected chi connectivity index (χ4v) is 5.80. The summed E-state index contributed by atoms with van der Waals surface area (Å²) in [5.41, 5.74) is 0.418. The van der Waals surface area contributed by atoms with E-state index in [1.54, 1.807) is 18.2 Å². The number of nitro benzene ring substituents is 1. The van der Waals surface area contributed by atoms with Crippen molar-refractivity contribution in [1.29, 1.82) is 0 Å². The number of carbonyl (C=O) groups excluding carboxylic acids is 2. The van der Waals surface area contributed by atoms with Gasteiger partial charge < -0.3 is 19.9 Å². The Kier molecular flexibility index (Phi) is 10.1. The topological polar surface area (TPSA) is 118 Å². The molecule has 4 rings (SSSR count). The van der Waals surface area contributed by atoms with Crippen molar-refractivity contribution in [3.8, 4) is 0 Å². The number of piperidine rings is 2. The molecule has 0 spiro atoms. The first-order valence-electron chi connectivity index (χ1n) is 14.4. The number of hydrogen-bond donors (Lipinski definition) is 1. The first-order chi connectivity index (χ1) is 19.5. The minimum Gasteiger partial charge on any atom is -0.444 e. The van der Waals surface area contributed by atoms with E-state index in [2.05, 4.69) is 15.2 Å². The van der Waals surface area contributed by atoms with Crippen molar-refractivity contribution in [1.82, 2.24) is 9.88 Å². The normalized spacial score (nSPS) is 16.9. The smallest absolute Gasteiger partial charge is 0.410 e. The van der Waals surface area contributed by atoms with Crippen molar-refractivity contribution in [2.24, 2.45) is 11.8 Å². The van der Waals surface area contributed by atoms with Crippen molar-refractivity contribution in [3.63, 3.8) is 0 Å². The number of carbonyl (C=O) groups is 2. The molecule has 1 aromatic heterocycles. The molecule has 0 saturated carbocycles. The van der Waals surface area contributed by atoms with Crippen molar-refractivity contribution >= 4 is 40.8 Å². The highest BCUT2D eigenvalue weighted by Gasteiger charge is 2.28. The quantitative estimate of drug-likeness (QED) is 0.203. The van der Waals surface area contributed by atoms with Gasteiger partial charge in [0.2, 0.25) is 0 Å². The van der Waals surface area contributed by atoms with E-state index in [-0.39, 0.29) is 22.8 Å². The number of amides is 2. The Labute approximate surface area is 246 Å². The molecule has 3 heterocycles. The van der Waals surface area contributed by atoms with E-state index in [0.29, 0.717) is 28.9 Å². The van der Waals surface area contributed by atoms with Gasteiger partial charge in [0.15, 0.2) is 0 Å². The summed E-state index contributed by atoms with van der Waals surface area (Å²) in [7, 11) is 0. The minimum absolute atomic E-state index is 0.0442. The maximum atomic E-state index is 13.1. The fourth-order valence-electron chi connectivity index (χ4n) is 5.64. The molecule has 2 amide bonds. The number of hydrogen-bond acceptors (Lipinski definition) is 7. The van der Waals surface area contributed by atoms with Gasteiger partial charge in [0.25, 0.3) is 11.6 Å². The Balaban J connectivity index is 1.27. The van der Waals surface area contributed by atoms with Crippen LogP contribution in [0, 0.1) is 22.0 Å². The van der Waals surface area contributed by atoms with Crippen molar-refractivity contribution in [2.45, 2.75) is 71.3 Å². The van der Waals surface area contributed by atoms with Gasteiger partial charge >= 0.3 is 6.09 Å². The van der Waals surface area contributed by atoms with E-state index in [4.69, 9.17) is 16.3 Å². The van der Waals surface area contributed by atoms with Crippen LogP contribution in [-0.4, -0.2) is 58.6 Å². The number of non-ortho nitro benzene ring substituents is 1. The summed E-state index contributed by atoms with van der Waals surface area (Å²) in [5.74, 6) is 1.15. The van der Waals surface area contributed by atoms with E-state index in [0.717, 1.165) is 71.1 Å². The van der Waals surface area contributed by atoms with Crippen LogP contribution in [0.1, 0.15) is 76.1 Å². The number of benzene rings is 1. The molecule has 1 N–H and O–H groups in total. The number of ether oxygens (including phenoxy) is 1. The third-order valence-corrected chi connectivity index (χ3v) is 8.05. The second-order valence-electron chi connectivity index (χ2n) is 12.0. The SMILES string of the molecule is CC(C)(C)OC(=O)N1CCC(CCCC2CCN(c3cc([N+](=O)[O-])ccc3C(=O)Nc3cccc(Cl)n3)CC2)CC1. The molecule has 2 aliphatic heterocycles. The summed E-state index contributed by atoms with van der Waals surface area (Å²) in [5, 5.41) is 14.5. The third kappa shape index (κ3) is 8.79. The van der Waals surface area contributed by atoms with Gasteiger partial charge in [0, 0.05) is 38.3 Å². The molecule has 0 atom stereocenters. The zero-order chi connectivity index (χ0) is 29.6. The second kappa shape index (κ2) is 13.5. The van der Waals surface area contributed by atoms with Gasteiger partial charge in [-0.2, -0.15) is 0 Å². The first kappa shape index (κ1) is 30.6. The maximum Gasteiger partial charge on any atom is 0.410 e. The van der Waals surface area contributed by atoms with Crippen LogP contribution in [-0.2, 0) is 4.74 Å². The zero-order valence-electron chi connectivity index (χ0n) is 24.1. The monoisotopic (exact) mass is 585 g/mol. The zero-order valence-corrected chi connectivity index (χ0v) is 24.9. The summed E-state index contributed by atoms with van der Waals surface area (Å²) in [6, 6.07) is 9.31. The van der Waals surface area contributed by atoms with E-state index in [1.165, 1.54) is 18.2 Å². The fraction of sp³-hybridized carbons (Fsp3) is 0.567. The van der Waals surface area contributed by atoms with Crippen LogP contribution in [0.25, 0.3) is 0 Å². The van der Waals surface area contributed by atoms with Crippen LogP contribution in [0.5, 0.6) is 0 Å². The summed E-state index contributed by atoms with van der Waals surface area (Å²) < 4.78 is 5.50. The molecule has 0 unspecified atom stereocenters. The number of rotatable bonds is 8. The molecule has 0 bridgehead atoms. The number of halogens is 1. The number of aromatic nitrogens is 1. The van der Waals surface area contributed by atoms with Crippen molar-refractivity contribution in [2.75, 3.05) is 36.4 Å². The van der Waals surface area contributed by atoms with Gasteiger partial charge in [-0.25, -0.2) is 9.78 Å². The molecule has 11 heteroatoms. The van der Waals surface area contributed by atoms with Crippen molar-refractivity contribution < 1.29 is 19.2 Å². The van der Waals surface area contributed by atoms with Crippen LogP contribution in [0.4, 0.5) is 22.0 Å². The molecule has 1 aromatic carbocycles. The second-order valence-corrected chi connectivity index (χ2v) is 12.4. The van der Waals surface area contributed by atoms with Gasteiger partial charge in [-0.05, 0) is 76.5 Å². The molecule has 2 fully saturated rings. The Morgan fingerprint density at radius 3 is 2.27 bits per heavy atom. The average molecular weight is 586 g/mol. The lowest BCUT2D eigenvalue weighted by molar-refractivity contribution is -0.384. The third-order valence-electron chi connectivity index (χ3n) is 7.84. The molecule has 41 heavy (non-hydrogen) atoms. The first-order valence-corrected chi connectivity index (χ1v) is 14.8. The summed E-state index contributed by atoms with van der Waals surface area (Å²) in [6.45, 7) is 8.65. The van der Waals surface area contributed by atoms with E-state index < -0.39 is 10.5 Å².